The highest BCUT2D eigenvalue weighted by molar-refractivity contribution is 6.46. The minimum Gasteiger partial charge on any atom is -0.507 e. The maximum atomic E-state index is 13.5. The fourth-order valence-electron chi connectivity index (χ4n) is 5.16. The number of Topliss-reactive ketones (excluding diaryl/α,β-unsaturated/α-hetero) is 1. The second-order valence-electron chi connectivity index (χ2n) is 10.7. The summed E-state index contributed by atoms with van der Waals surface area (Å²) >= 11 is 0. The lowest BCUT2D eigenvalue weighted by molar-refractivity contribution is -0.140. The summed E-state index contributed by atoms with van der Waals surface area (Å²) in [6.45, 7) is 11.4. The second-order valence-corrected chi connectivity index (χ2v) is 10.7. The van der Waals surface area contributed by atoms with Gasteiger partial charge >= 0.3 is 0 Å². The largest absolute Gasteiger partial charge is 0.507 e. The Bertz CT molecular complexity index is 1220. The van der Waals surface area contributed by atoms with Crippen molar-refractivity contribution in [1.29, 1.82) is 0 Å². The van der Waals surface area contributed by atoms with E-state index in [9.17, 15) is 14.7 Å². The molecule has 0 aliphatic carbocycles. The van der Waals surface area contributed by atoms with E-state index in [1.165, 1.54) is 0 Å². The first kappa shape index (κ1) is 30.4. The van der Waals surface area contributed by atoms with Crippen LogP contribution in [0.1, 0.15) is 50.8 Å². The number of carbonyl (C=O) groups excluding carboxylic acids is 2. The van der Waals surface area contributed by atoms with Crippen molar-refractivity contribution >= 4 is 17.4 Å². The van der Waals surface area contributed by atoms with E-state index in [0.29, 0.717) is 73.7 Å². The average Bonchev–Trinajstić information content (AvgIpc) is 3.23. The smallest absolute Gasteiger partial charge is 0.295 e. The Labute approximate surface area is 242 Å². The first-order chi connectivity index (χ1) is 19.8. The Balaban J connectivity index is 1.68. The summed E-state index contributed by atoms with van der Waals surface area (Å²) < 4.78 is 22.6. The van der Waals surface area contributed by atoms with Gasteiger partial charge in [-0.25, -0.2) is 0 Å². The Hall–Kier alpha value is -3.56. The van der Waals surface area contributed by atoms with E-state index in [1.807, 2.05) is 13.0 Å². The number of likely N-dealkylation sites (tertiary alicyclic amines) is 1. The fourth-order valence-corrected chi connectivity index (χ4v) is 5.16. The van der Waals surface area contributed by atoms with Gasteiger partial charge in [-0.2, -0.15) is 0 Å². The van der Waals surface area contributed by atoms with E-state index < -0.39 is 17.7 Å². The molecule has 222 valence electrons. The molecule has 41 heavy (non-hydrogen) atoms. The summed E-state index contributed by atoms with van der Waals surface area (Å²) in [6.07, 6.45) is 1.58. The van der Waals surface area contributed by atoms with Crippen molar-refractivity contribution in [2.75, 3.05) is 59.7 Å². The number of morpholine rings is 1. The third-order valence-corrected chi connectivity index (χ3v) is 7.41. The van der Waals surface area contributed by atoms with Crippen LogP contribution >= 0.6 is 0 Å². The second kappa shape index (κ2) is 14.4. The fraction of sp³-hybridized carbons (Fsp3) is 0.500. The molecule has 1 unspecified atom stereocenters. The normalized spacial score (nSPS) is 19.1. The first-order valence-corrected chi connectivity index (χ1v) is 14.5. The number of ketones is 1. The molecule has 9 heteroatoms. The summed E-state index contributed by atoms with van der Waals surface area (Å²) in [5.74, 6) is 0.703. The molecule has 1 amide bonds. The Morgan fingerprint density at radius 1 is 1.02 bits per heavy atom. The van der Waals surface area contributed by atoms with Gasteiger partial charge in [0.1, 0.15) is 11.5 Å². The average molecular weight is 567 g/mol. The molecule has 2 aromatic carbocycles. The molecule has 0 bridgehead atoms. The molecule has 2 heterocycles. The van der Waals surface area contributed by atoms with Crippen molar-refractivity contribution in [3.8, 4) is 17.2 Å². The van der Waals surface area contributed by atoms with Gasteiger partial charge in [-0.05, 0) is 67.6 Å². The van der Waals surface area contributed by atoms with Crippen LogP contribution in [0, 0.1) is 5.92 Å². The minimum absolute atomic E-state index is 0.0565. The topological polar surface area (TPSA) is 97.8 Å². The monoisotopic (exact) mass is 566 g/mol. The van der Waals surface area contributed by atoms with Crippen molar-refractivity contribution in [3.05, 3.63) is 59.2 Å². The molecular weight excluding hydrogens is 524 g/mol. The standard InChI is InChI=1S/C32H42N2O7/c1-5-40-25-10-7-23(8-11-25)30(35)28-29(24-9-12-26(27(21-24)38-4)41-18-13-22(2)3)34(32(37)31(28)36)15-6-14-33-16-19-39-20-17-33/h7-12,21-22,29,35H,5-6,13-20H2,1-4H3/b30-28+. The Morgan fingerprint density at radius 3 is 2.41 bits per heavy atom. The van der Waals surface area contributed by atoms with Crippen LogP contribution in [0.4, 0.5) is 0 Å². The Morgan fingerprint density at radius 2 is 1.76 bits per heavy atom. The van der Waals surface area contributed by atoms with Gasteiger partial charge in [0.2, 0.25) is 0 Å². The van der Waals surface area contributed by atoms with Gasteiger partial charge in [-0.3, -0.25) is 14.5 Å². The van der Waals surface area contributed by atoms with Crippen LogP contribution in [0.5, 0.6) is 17.2 Å². The molecule has 2 saturated heterocycles. The van der Waals surface area contributed by atoms with E-state index >= 15 is 0 Å². The number of hydrogen-bond acceptors (Lipinski definition) is 8. The quantitative estimate of drug-likeness (QED) is 0.212. The predicted octanol–water partition coefficient (Wildman–Crippen LogP) is 4.66. The SMILES string of the molecule is CCOc1ccc(/C(O)=C2\C(=O)C(=O)N(CCCN3CCOCC3)C2c2ccc(OCCC(C)C)c(OC)c2)cc1. The summed E-state index contributed by atoms with van der Waals surface area (Å²) in [6, 6.07) is 11.5. The highest BCUT2D eigenvalue weighted by Gasteiger charge is 2.46. The van der Waals surface area contributed by atoms with Gasteiger partial charge in [0.15, 0.2) is 11.5 Å². The summed E-state index contributed by atoms with van der Waals surface area (Å²) in [4.78, 5) is 30.7. The molecule has 0 radical (unpaired) electrons. The number of ether oxygens (including phenoxy) is 4. The van der Waals surface area contributed by atoms with Crippen molar-refractivity contribution in [1.82, 2.24) is 9.80 Å². The lowest BCUT2D eigenvalue weighted by atomic mass is 9.95. The number of rotatable bonds is 13. The number of nitrogens with zero attached hydrogens (tertiary/aromatic N) is 2. The number of methoxy groups -OCH3 is 1. The molecule has 2 aliphatic rings. The van der Waals surface area contributed by atoms with Crippen LogP contribution in [0.15, 0.2) is 48.0 Å². The van der Waals surface area contributed by atoms with Crippen molar-refractivity contribution in [3.63, 3.8) is 0 Å². The number of benzene rings is 2. The van der Waals surface area contributed by atoms with Crippen LogP contribution in [-0.4, -0.2) is 86.3 Å². The van der Waals surface area contributed by atoms with Crippen LogP contribution in [-0.2, 0) is 14.3 Å². The van der Waals surface area contributed by atoms with Gasteiger partial charge in [-0.15, -0.1) is 0 Å². The highest BCUT2D eigenvalue weighted by Crippen LogP contribution is 2.42. The third kappa shape index (κ3) is 7.40. The van der Waals surface area contributed by atoms with Crippen LogP contribution in [0.25, 0.3) is 5.76 Å². The molecule has 4 rings (SSSR count). The molecule has 0 spiro atoms. The highest BCUT2D eigenvalue weighted by atomic mass is 16.5. The number of aliphatic hydroxyl groups excluding tert-OH is 1. The van der Waals surface area contributed by atoms with Crippen molar-refractivity contribution in [2.45, 2.75) is 39.7 Å². The van der Waals surface area contributed by atoms with E-state index in [0.717, 1.165) is 26.1 Å². The molecule has 2 aliphatic heterocycles. The Kier molecular flexibility index (Phi) is 10.7. The van der Waals surface area contributed by atoms with E-state index in [1.54, 1.807) is 48.4 Å². The maximum absolute atomic E-state index is 13.5. The van der Waals surface area contributed by atoms with Gasteiger partial charge < -0.3 is 29.0 Å². The number of amides is 1. The lowest BCUT2D eigenvalue weighted by Crippen LogP contribution is -2.39. The molecule has 1 atom stereocenters. The van der Waals surface area contributed by atoms with Crippen LogP contribution in [0.3, 0.4) is 0 Å². The maximum Gasteiger partial charge on any atom is 0.295 e. The zero-order chi connectivity index (χ0) is 29.4. The molecule has 0 aromatic heterocycles. The van der Waals surface area contributed by atoms with Gasteiger partial charge in [0, 0.05) is 31.7 Å². The van der Waals surface area contributed by atoms with Gasteiger partial charge in [0.25, 0.3) is 11.7 Å². The molecule has 9 nitrogen and oxygen atoms in total. The minimum atomic E-state index is -0.773. The van der Waals surface area contributed by atoms with Crippen LogP contribution in [0.2, 0.25) is 0 Å². The summed E-state index contributed by atoms with van der Waals surface area (Å²) in [5, 5.41) is 11.4. The molecule has 1 N–H and O–H groups in total. The molecule has 0 saturated carbocycles. The van der Waals surface area contributed by atoms with Gasteiger partial charge in [0.05, 0.1) is 45.2 Å². The third-order valence-electron chi connectivity index (χ3n) is 7.41. The number of hydrogen-bond donors (Lipinski definition) is 1. The number of carbonyl (C=O) groups is 2. The molecular formula is C32H42N2O7. The van der Waals surface area contributed by atoms with Crippen molar-refractivity contribution in [2.24, 2.45) is 5.92 Å². The summed E-state index contributed by atoms with van der Waals surface area (Å²) in [5.41, 5.74) is 1.16. The molecule has 2 fully saturated rings. The zero-order valence-corrected chi connectivity index (χ0v) is 24.6. The van der Waals surface area contributed by atoms with Crippen molar-refractivity contribution < 1.29 is 33.6 Å². The van der Waals surface area contributed by atoms with E-state index in [4.69, 9.17) is 18.9 Å². The van der Waals surface area contributed by atoms with Gasteiger partial charge in [-0.1, -0.05) is 19.9 Å². The zero-order valence-electron chi connectivity index (χ0n) is 24.6. The summed E-state index contributed by atoms with van der Waals surface area (Å²) in [7, 11) is 1.56. The predicted molar refractivity (Wildman–Crippen MR) is 156 cm³/mol. The van der Waals surface area contributed by atoms with E-state index in [-0.39, 0.29) is 11.3 Å². The van der Waals surface area contributed by atoms with Crippen LogP contribution < -0.4 is 14.2 Å². The lowest BCUT2D eigenvalue weighted by Gasteiger charge is -2.29. The molecule has 2 aromatic rings. The first-order valence-electron chi connectivity index (χ1n) is 14.5. The van der Waals surface area contributed by atoms with E-state index in [2.05, 4.69) is 18.7 Å². The number of aliphatic hydroxyl groups is 1.